The second-order valence-corrected chi connectivity index (χ2v) is 40.8. The molecule has 0 spiro atoms. The number of sulfonamides is 3. The number of hydrogen-bond acceptors (Lipinski definition) is 22. The van der Waals surface area contributed by atoms with E-state index in [-0.39, 0.29) is 93.6 Å². The van der Waals surface area contributed by atoms with Crippen LogP contribution in [0.25, 0.3) is 0 Å². The third kappa shape index (κ3) is 28.5. The van der Waals surface area contributed by atoms with Crippen molar-refractivity contribution in [2.24, 2.45) is 29.4 Å². The minimum atomic E-state index is -4.15. The fourth-order valence-corrected chi connectivity index (χ4v) is 21.2. The van der Waals surface area contributed by atoms with Gasteiger partial charge in [0, 0.05) is 123 Å². The summed E-state index contributed by atoms with van der Waals surface area (Å²) in [7, 11) is -10.7. The van der Waals surface area contributed by atoms with E-state index in [2.05, 4.69) is 51.0 Å². The summed E-state index contributed by atoms with van der Waals surface area (Å²) in [5, 5.41) is 28.5. The minimum absolute atomic E-state index is 0.00129. The Morgan fingerprint density at radius 1 is 0.397 bits per heavy atom. The Kier molecular flexibility index (Phi) is 40.0. The Balaban J connectivity index is 0.000000204. The van der Waals surface area contributed by atoms with Crippen molar-refractivity contribution in [2.75, 3.05) is 128 Å². The number of rotatable bonds is 43. The van der Waals surface area contributed by atoms with Crippen LogP contribution in [0.15, 0.2) is 250 Å². The summed E-state index contributed by atoms with van der Waals surface area (Å²) in [5.41, 5.74) is 13.2. The molecule has 3 aliphatic rings. The van der Waals surface area contributed by atoms with Crippen LogP contribution in [0, 0.1) is 55.4 Å². The van der Waals surface area contributed by atoms with Crippen LogP contribution >= 0.6 is 23.2 Å². The number of halogens is 2. The maximum atomic E-state index is 14.3. The number of carbonyl (C=O) groups is 3. The third-order valence-corrected chi connectivity index (χ3v) is 29.8. The lowest BCUT2D eigenvalue weighted by Gasteiger charge is -2.30. The van der Waals surface area contributed by atoms with Crippen molar-refractivity contribution in [1.29, 1.82) is 0 Å². The standard InChI is InChI=1S/C42H59N5O4S.C38H42ClN5O5S.C28H30ClN5O4S/c1-6-9-10-11-12-13-14-15-16-21-30-51-31-22-29-47-41(44-38-25-19-20-26-39(38)52(47,49)50)40(42(48)45-36-24-18-17-23-33(36)4)43-37-28-27-35(32-34(37)5)46(7-2)8-3;1-6-43(19-20-45)30-15-16-31(27(4)23-30)40-36(38(46)42-33-24-29(39)14-13-26(33)3)37-41-32-10-7-8-11-35(32)50(47,48)44(37)18-9-21-49-34-17-12-25(2)22-28(34)5;1-5-34(14-15-35)21-12-13-22(19(3)16-21)30-26(28(36)31-23-17-20(29)11-10-18(23)2)27-32-39(37,38)25-9-7-6-8-24(25)33(27)4/h17-20,23-28,32H,6-16,21-22,29-31H2,1-5H3,(H,45,48);7-8,10-17,22-24,45H,6,9,18-21H2,1-5H3,(H,42,46);6-13,16-17,35H,5,14-15H2,1-4H3,(H,31,36). The van der Waals surface area contributed by atoms with E-state index in [1.165, 1.54) is 67.8 Å². The number of unbranched alkanes of at least 4 members (excludes halogenated alkanes) is 9. The smallest absolute Gasteiger partial charge is 0.286 e. The lowest BCUT2D eigenvalue weighted by atomic mass is 10.1. The summed E-state index contributed by atoms with van der Waals surface area (Å²) in [6.45, 7) is 31.0. The average molecular weight is 2010 g/mol. The van der Waals surface area contributed by atoms with Gasteiger partial charge >= 0.3 is 0 Å². The predicted octanol–water partition coefficient (Wildman–Crippen LogP) is 22.0. The van der Waals surface area contributed by atoms with Crippen molar-refractivity contribution < 1.29 is 59.3 Å². The van der Waals surface area contributed by atoms with E-state index < -0.39 is 47.8 Å². The number of para-hydroxylation sites is 4. The first-order chi connectivity index (χ1) is 67.7. The molecule has 5 N–H and O–H groups in total. The summed E-state index contributed by atoms with van der Waals surface area (Å²) in [5.74, 6) is -1.34. The molecule has 0 saturated carbocycles. The molecule has 13 rings (SSSR count). The number of nitrogens with one attached hydrogen (secondary N) is 3. The van der Waals surface area contributed by atoms with Crippen LogP contribution in [0.5, 0.6) is 5.75 Å². The Bertz CT molecular complexity index is 6670. The molecule has 748 valence electrons. The van der Waals surface area contributed by atoms with Gasteiger partial charge in [-0.1, -0.05) is 172 Å². The molecule has 0 aliphatic carbocycles. The number of likely N-dealkylation sites (N-methyl/N-ethyl adjacent to an activating group) is 2. The number of aliphatic imine (C=N–C) groups is 5. The van der Waals surface area contributed by atoms with E-state index in [0.29, 0.717) is 102 Å². The Hall–Kier alpha value is -12.5. The Morgan fingerprint density at radius 3 is 1.24 bits per heavy atom. The van der Waals surface area contributed by atoms with E-state index in [0.717, 1.165) is 97.6 Å². The van der Waals surface area contributed by atoms with Gasteiger partial charge in [0.15, 0.2) is 34.6 Å². The second-order valence-electron chi connectivity index (χ2n) is 34.7. The number of fused-ring (bicyclic) bond motifs is 3. The first kappa shape index (κ1) is 109. The van der Waals surface area contributed by atoms with Gasteiger partial charge in [-0.25, -0.2) is 50.4 Å². The Morgan fingerprint density at radius 2 is 0.794 bits per heavy atom. The van der Waals surface area contributed by atoms with Gasteiger partial charge < -0.3 is 55.2 Å². The summed E-state index contributed by atoms with van der Waals surface area (Å²) >= 11 is 12.4. The summed E-state index contributed by atoms with van der Waals surface area (Å²) in [6, 6.07) is 60.1. The molecule has 3 amide bonds. The minimum Gasteiger partial charge on any atom is -0.493 e. The fourth-order valence-electron chi connectivity index (χ4n) is 16.4. The van der Waals surface area contributed by atoms with Crippen LogP contribution in [0.1, 0.15) is 156 Å². The van der Waals surface area contributed by atoms with Gasteiger partial charge in [0.25, 0.3) is 47.8 Å². The van der Waals surface area contributed by atoms with Crippen molar-refractivity contribution in [2.45, 2.75) is 182 Å². The molecule has 28 nitrogen and oxygen atoms in total. The lowest BCUT2D eigenvalue weighted by Crippen LogP contribution is -2.47. The van der Waals surface area contributed by atoms with E-state index in [9.17, 15) is 49.9 Å². The van der Waals surface area contributed by atoms with Gasteiger partial charge in [-0.15, -0.1) is 4.40 Å². The lowest BCUT2D eigenvalue weighted by molar-refractivity contribution is -0.111. The number of hydrogen-bond donors (Lipinski definition) is 5. The maximum Gasteiger partial charge on any atom is 0.286 e. The van der Waals surface area contributed by atoms with E-state index in [4.69, 9.17) is 52.6 Å². The molecule has 0 fully saturated rings. The van der Waals surface area contributed by atoms with Crippen LogP contribution in [-0.2, 0) is 49.2 Å². The van der Waals surface area contributed by atoms with Crippen molar-refractivity contribution in [1.82, 2.24) is 8.61 Å². The quantitative estimate of drug-likeness (QED) is 0.0175. The average Bonchev–Trinajstić information content (AvgIpc) is 0.766. The van der Waals surface area contributed by atoms with Gasteiger partial charge in [0.05, 0.1) is 53.9 Å². The van der Waals surface area contributed by atoms with Crippen molar-refractivity contribution >= 4 is 174 Å². The van der Waals surface area contributed by atoms with Gasteiger partial charge in [0.2, 0.25) is 0 Å². The third-order valence-electron chi connectivity index (χ3n) is 24.4. The Labute approximate surface area is 841 Å². The van der Waals surface area contributed by atoms with E-state index in [1.54, 1.807) is 121 Å². The number of amides is 3. The number of nitrogens with zero attached hydrogens (tertiary/aromatic N) is 12. The van der Waals surface area contributed by atoms with Gasteiger partial charge in [-0.05, 0) is 262 Å². The molecule has 0 radical (unpaired) electrons. The zero-order chi connectivity index (χ0) is 102. The molecule has 3 heterocycles. The second kappa shape index (κ2) is 51.8. The normalized spacial score (nSPS) is 14.0. The topological polar surface area (TPSA) is 342 Å². The van der Waals surface area contributed by atoms with Crippen LogP contribution < -0.4 is 40.3 Å². The summed E-state index contributed by atoms with van der Waals surface area (Å²) in [6.07, 6.45) is 13.3. The molecule has 0 bridgehead atoms. The number of benzene rings is 10. The van der Waals surface area contributed by atoms with Crippen molar-refractivity contribution in [3.63, 3.8) is 0 Å². The summed E-state index contributed by atoms with van der Waals surface area (Å²) in [4.78, 5) is 74.2. The number of aliphatic hydroxyl groups is 2. The fraction of sp³-hybridized carbons (Fsp3) is 0.361. The van der Waals surface area contributed by atoms with Gasteiger partial charge in [0.1, 0.15) is 20.4 Å². The highest BCUT2D eigenvalue weighted by atomic mass is 35.5. The zero-order valence-corrected chi connectivity index (χ0v) is 87.0. The van der Waals surface area contributed by atoms with Crippen LogP contribution in [-0.4, -0.2) is 189 Å². The largest absolute Gasteiger partial charge is 0.493 e. The highest BCUT2D eigenvalue weighted by Crippen LogP contribution is 2.40. The van der Waals surface area contributed by atoms with Gasteiger partial charge in [-0.3, -0.25) is 14.4 Å². The molecular formula is C108H131Cl2N15O13S3. The highest BCUT2D eigenvalue weighted by Gasteiger charge is 2.42. The molecule has 33 heteroatoms. The van der Waals surface area contributed by atoms with Crippen LogP contribution in [0.2, 0.25) is 10.0 Å². The molecule has 3 aliphatic heterocycles. The molecule has 10 aromatic rings. The number of aryl methyl sites for hydroxylation is 8. The molecule has 0 atom stereocenters. The zero-order valence-electron chi connectivity index (χ0n) is 83.0. The van der Waals surface area contributed by atoms with E-state index in [1.807, 2.05) is 164 Å². The van der Waals surface area contributed by atoms with Crippen molar-refractivity contribution in [3.8, 4) is 5.75 Å². The highest BCUT2D eigenvalue weighted by molar-refractivity contribution is 7.91. The molecule has 0 saturated heterocycles. The molecular weight excluding hydrogens is 1880 g/mol. The van der Waals surface area contributed by atoms with Crippen molar-refractivity contribution in [3.05, 3.63) is 261 Å². The summed E-state index contributed by atoms with van der Waals surface area (Å²) < 4.78 is 102. The molecule has 0 aromatic heterocycles. The van der Waals surface area contributed by atoms with Gasteiger partial charge in [-0.2, -0.15) is 8.42 Å². The number of aliphatic hydroxyl groups excluding tert-OH is 2. The number of amidine groups is 3. The number of ether oxygens (including phenoxy) is 2. The molecule has 10 aromatic carbocycles. The first-order valence-electron chi connectivity index (χ1n) is 48.1. The maximum absolute atomic E-state index is 14.3. The van der Waals surface area contributed by atoms with Crippen LogP contribution in [0.4, 0.5) is 68.2 Å². The van der Waals surface area contributed by atoms with E-state index >= 15 is 0 Å². The number of anilines is 7. The molecule has 0 unspecified atom stereocenters. The predicted molar refractivity (Wildman–Crippen MR) is 575 cm³/mol. The van der Waals surface area contributed by atoms with Crippen LogP contribution in [0.3, 0.4) is 0 Å². The SMILES string of the molecule is CCCCCCCCCCCCOCCCN1C(C(=Nc2ccc(N(CC)CC)cc2C)C(=O)Nc2ccccc2C)=Nc2ccccc2S1(=O)=O.CCN(CCO)c1ccc(N=C(C(=O)Nc2cc(Cl)ccc2C)C2=NS(=O)(=O)c3ccccc3N2C)c(C)c1.CCN(CCO)c1ccc(N=C(C(=O)Nc2cc(Cl)ccc2C)C2=Nc3ccccc3S(=O)(=O)N2CCCOc2ccc(C)cc2C)c(C)c1. The first-order valence-corrected chi connectivity index (χ1v) is 53.2. The molecule has 141 heavy (non-hydrogen) atoms. The monoisotopic (exact) mass is 2010 g/mol. The number of carbonyl (C=O) groups excluding carboxylic acids is 3.